The van der Waals surface area contributed by atoms with Crippen molar-refractivity contribution in [2.45, 2.75) is 18.9 Å². The predicted octanol–water partition coefficient (Wildman–Crippen LogP) is 2.82. The Morgan fingerprint density at radius 2 is 1.97 bits per heavy atom. The number of H-pyrrole nitrogens is 1. The molecule has 7 heteroatoms. The van der Waals surface area contributed by atoms with Crippen LogP contribution >= 0.6 is 0 Å². The molecule has 2 aliphatic rings. The highest BCUT2D eigenvalue weighted by Crippen LogP contribution is 2.21. The molecule has 1 saturated heterocycles. The number of guanidine groups is 1. The van der Waals surface area contributed by atoms with Crippen molar-refractivity contribution >= 4 is 29.0 Å². The number of amides is 1. The van der Waals surface area contributed by atoms with Crippen LogP contribution in [0.25, 0.3) is 17.1 Å². The number of hydrogen-bond acceptors (Lipinski definition) is 5. The lowest BCUT2D eigenvalue weighted by atomic mass is 10.1. The van der Waals surface area contributed by atoms with Crippen LogP contribution < -0.4 is 10.6 Å². The summed E-state index contributed by atoms with van der Waals surface area (Å²) in [7, 11) is 0. The molecule has 30 heavy (non-hydrogen) atoms. The van der Waals surface area contributed by atoms with E-state index in [1.807, 2.05) is 36.5 Å². The molecule has 0 aliphatic carbocycles. The lowest BCUT2D eigenvalue weighted by Crippen LogP contribution is -2.42. The SMILES string of the molecule is O=C1NC(N[C@@H](CN2CCCC2)c2ccccc2)=N/C1=C\c1c[nH]c2ncccc12. The molecule has 5 rings (SSSR count). The monoisotopic (exact) mass is 400 g/mol. The fraction of sp³-hybridized carbons (Fsp3) is 0.261. The zero-order valence-electron chi connectivity index (χ0n) is 16.6. The van der Waals surface area contributed by atoms with Gasteiger partial charge in [-0.2, -0.15) is 0 Å². The Kier molecular flexibility index (Phi) is 5.03. The zero-order chi connectivity index (χ0) is 20.3. The van der Waals surface area contributed by atoms with E-state index >= 15 is 0 Å². The number of aromatic amines is 1. The number of nitrogens with zero attached hydrogens (tertiary/aromatic N) is 3. The van der Waals surface area contributed by atoms with Crippen molar-refractivity contribution in [3.63, 3.8) is 0 Å². The van der Waals surface area contributed by atoms with Gasteiger partial charge in [0.1, 0.15) is 11.3 Å². The molecule has 3 N–H and O–H groups in total. The molecule has 0 unspecified atom stereocenters. The van der Waals surface area contributed by atoms with E-state index in [4.69, 9.17) is 0 Å². The lowest BCUT2D eigenvalue weighted by Gasteiger charge is -2.25. The number of fused-ring (bicyclic) bond motifs is 1. The topological polar surface area (TPSA) is 85.4 Å². The highest BCUT2D eigenvalue weighted by molar-refractivity contribution is 6.14. The summed E-state index contributed by atoms with van der Waals surface area (Å²) in [5, 5.41) is 7.29. The van der Waals surface area contributed by atoms with Crippen LogP contribution in [0.2, 0.25) is 0 Å². The summed E-state index contributed by atoms with van der Waals surface area (Å²) in [6, 6.07) is 14.2. The highest BCUT2D eigenvalue weighted by atomic mass is 16.2. The number of likely N-dealkylation sites (tertiary alicyclic amines) is 1. The predicted molar refractivity (Wildman–Crippen MR) is 118 cm³/mol. The van der Waals surface area contributed by atoms with Crippen LogP contribution in [0, 0.1) is 0 Å². The Morgan fingerprint density at radius 1 is 1.13 bits per heavy atom. The van der Waals surface area contributed by atoms with Crippen LogP contribution in [0.3, 0.4) is 0 Å². The average Bonchev–Trinajstić information content (AvgIpc) is 3.50. The van der Waals surface area contributed by atoms with Gasteiger partial charge < -0.3 is 15.2 Å². The molecule has 1 fully saturated rings. The third-order valence-electron chi connectivity index (χ3n) is 5.62. The molecule has 2 aliphatic heterocycles. The van der Waals surface area contributed by atoms with Crippen LogP contribution in [0.4, 0.5) is 0 Å². The van der Waals surface area contributed by atoms with Gasteiger partial charge in [0, 0.05) is 29.9 Å². The smallest absolute Gasteiger partial charge is 0.276 e. The van der Waals surface area contributed by atoms with Crippen LogP contribution in [0.15, 0.2) is 65.5 Å². The molecular weight excluding hydrogens is 376 g/mol. The minimum Gasteiger partial charge on any atom is -0.348 e. The molecule has 1 atom stereocenters. The molecule has 0 saturated carbocycles. The quantitative estimate of drug-likeness (QED) is 0.575. The maximum Gasteiger partial charge on any atom is 0.276 e. The van der Waals surface area contributed by atoms with Gasteiger partial charge in [0.05, 0.1) is 6.04 Å². The summed E-state index contributed by atoms with van der Waals surface area (Å²) in [6.45, 7) is 3.11. The normalized spacial score (nSPS) is 19.3. The van der Waals surface area contributed by atoms with E-state index in [1.165, 1.54) is 18.4 Å². The number of rotatable bonds is 5. The fourth-order valence-electron chi connectivity index (χ4n) is 4.09. The van der Waals surface area contributed by atoms with E-state index < -0.39 is 0 Å². The second kappa shape index (κ2) is 8.12. The van der Waals surface area contributed by atoms with Crippen LogP contribution in [-0.4, -0.2) is 46.4 Å². The summed E-state index contributed by atoms with van der Waals surface area (Å²) in [4.78, 5) is 27.0. The zero-order valence-corrected chi connectivity index (χ0v) is 16.6. The van der Waals surface area contributed by atoms with Crippen molar-refractivity contribution in [2.24, 2.45) is 4.99 Å². The number of nitrogens with one attached hydrogen (secondary N) is 3. The molecule has 3 aromatic rings. The number of hydrogen-bond donors (Lipinski definition) is 3. The van der Waals surface area contributed by atoms with E-state index in [2.05, 4.69) is 42.6 Å². The Morgan fingerprint density at radius 3 is 2.80 bits per heavy atom. The standard InChI is InChI=1S/C23H24N6O/c30-22-19(13-17-14-25-21-18(17)9-6-10-24-21)26-23(28-22)27-20(15-29-11-4-5-12-29)16-7-2-1-3-8-16/h1-3,6-10,13-14,20H,4-5,11-12,15H2,(H,24,25)(H2,26,27,28,30)/b19-13-/t20-/m0/s1. The summed E-state index contributed by atoms with van der Waals surface area (Å²) >= 11 is 0. The first-order chi connectivity index (χ1) is 14.8. The molecule has 1 aromatic carbocycles. The van der Waals surface area contributed by atoms with Crippen molar-refractivity contribution in [3.05, 3.63) is 71.7 Å². The van der Waals surface area contributed by atoms with Gasteiger partial charge in [-0.05, 0) is 49.7 Å². The highest BCUT2D eigenvalue weighted by Gasteiger charge is 2.25. The number of carbonyl (C=O) groups excluding carboxylic acids is 1. The maximum absolute atomic E-state index is 12.5. The van der Waals surface area contributed by atoms with Crippen molar-refractivity contribution < 1.29 is 4.79 Å². The molecule has 4 heterocycles. The lowest BCUT2D eigenvalue weighted by molar-refractivity contribution is -0.115. The summed E-state index contributed by atoms with van der Waals surface area (Å²) in [5.41, 5.74) is 3.25. The number of benzene rings is 1. The molecule has 0 radical (unpaired) electrons. The Balaban J connectivity index is 1.39. The van der Waals surface area contributed by atoms with Gasteiger partial charge in [-0.15, -0.1) is 0 Å². The average molecular weight is 400 g/mol. The molecule has 0 spiro atoms. The first-order valence-corrected chi connectivity index (χ1v) is 10.3. The van der Waals surface area contributed by atoms with Crippen molar-refractivity contribution in [1.29, 1.82) is 0 Å². The van der Waals surface area contributed by atoms with Gasteiger partial charge in [-0.3, -0.25) is 10.1 Å². The minimum atomic E-state index is -0.205. The van der Waals surface area contributed by atoms with Crippen molar-refractivity contribution in [2.75, 3.05) is 19.6 Å². The largest absolute Gasteiger partial charge is 0.348 e. The molecule has 7 nitrogen and oxygen atoms in total. The second-order valence-electron chi connectivity index (χ2n) is 7.70. The molecule has 0 bridgehead atoms. The van der Waals surface area contributed by atoms with E-state index in [1.54, 1.807) is 12.3 Å². The number of pyridine rings is 1. The molecule has 152 valence electrons. The number of aromatic nitrogens is 2. The van der Waals surface area contributed by atoms with Gasteiger partial charge in [-0.1, -0.05) is 30.3 Å². The molecular formula is C23H24N6O. The molecule has 2 aromatic heterocycles. The third kappa shape index (κ3) is 3.84. The Bertz CT molecular complexity index is 1110. The first-order valence-electron chi connectivity index (χ1n) is 10.3. The number of carbonyl (C=O) groups is 1. The minimum absolute atomic E-state index is 0.0555. The van der Waals surface area contributed by atoms with Gasteiger partial charge in [0.15, 0.2) is 0 Å². The summed E-state index contributed by atoms with van der Waals surface area (Å²) in [5.74, 6) is 0.293. The van der Waals surface area contributed by atoms with E-state index in [9.17, 15) is 4.79 Å². The summed E-state index contributed by atoms with van der Waals surface area (Å²) in [6.07, 6.45) is 7.86. The second-order valence-corrected chi connectivity index (χ2v) is 7.70. The van der Waals surface area contributed by atoms with Gasteiger partial charge in [0.25, 0.3) is 5.91 Å². The van der Waals surface area contributed by atoms with Crippen LogP contribution in [0.5, 0.6) is 0 Å². The third-order valence-corrected chi connectivity index (χ3v) is 5.62. The van der Waals surface area contributed by atoms with Gasteiger partial charge >= 0.3 is 0 Å². The van der Waals surface area contributed by atoms with Crippen LogP contribution in [0.1, 0.15) is 30.0 Å². The van der Waals surface area contributed by atoms with E-state index in [0.29, 0.717) is 11.7 Å². The Hall–Kier alpha value is -3.45. The first kappa shape index (κ1) is 18.6. The fourth-order valence-corrected chi connectivity index (χ4v) is 4.09. The van der Waals surface area contributed by atoms with Crippen LogP contribution in [-0.2, 0) is 4.79 Å². The maximum atomic E-state index is 12.5. The van der Waals surface area contributed by atoms with Crippen molar-refractivity contribution in [3.8, 4) is 0 Å². The Labute approximate surface area is 174 Å². The number of aliphatic imine (C=N–C) groups is 1. The van der Waals surface area contributed by atoms with E-state index in [-0.39, 0.29) is 11.9 Å². The summed E-state index contributed by atoms with van der Waals surface area (Å²) < 4.78 is 0. The van der Waals surface area contributed by atoms with Crippen molar-refractivity contribution in [1.82, 2.24) is 25.5 Å². The van der Waals surface area contributed by atoms with Gasteiger partial charge in [0.2, 0.25) is 5.96 Å². The van der Waals surface area contributed by atoms with E-state index in [0.717, 1.165) is 36.2 Å². The molecule has 1 amide bonds. The van der Waals surface area contributed by atoms with Gasteiger partial charge in [-0.25, -0.2) is 9.98 Å².